The molecular weight excluding hydrogens is 248 g/mol. The number of aliphatic carboxylic acids is 1. The lowest BCUT2D eigenvalue weighted by Crippen LogP contribution is -2.52. The fraction of sp³-hybridized carbons (Fsp3) is 0.846. The summed E-state index contributed by atoms with van der Waals surface area (Å²) in [7, 11) is 1.68. The molecule has 0 unspecified atom stereocenters. The number of hydrogen-bond acceptors (Lipinski definition) is 3. The highest BCUT2D eigenvalue weighted by Gasteiger charge is 2.31. The largest absolute Gasteiger partial charge is 0.480 e. The summed E-state index contributed by atoms with van der Waals surface area (Å²) in [5, 5.41) is 20.0. The molecule has 0 aromatic carbocycles. The van der Waals surface area contributed by atoms with Crippen LogP contribution in [0.5, 0.6) is 0 Å². The van der Waals surface area contributed by atoms with Crippen molar-refractivity contribution in [3.8, 4) is 0 Å². The second-order valence-corrected chi connectivity index (χ2v) is 6.03. The van der Waals surface area contributed by atoms with Crippen LogP contribution in [0.4, 0.5) is 4.79 Å². The average molecular weight is 272 g/mol. The normalized spacial score (nSPS) is 20.6. The van der Waals surface area contributed by atoms with Gasteiger partial charge in [0.15, 0.2) is 6.04 Å². The van der Waals surface area contributed by atoms with Gasteiger partial charge >= 0.3 is 12.0 Å². The molecule has 0 heterocycles. The molecule has 0 aromatic heterocycles. The third-order valence-corrected chi connectivity index (χ3v) is 3.96. The third-order valence-electron chi connectivity index (χ3n) is 3.96. The number of aliphatic hydroxyl groups is 1. The predicted octanol–water partition coefficient (Wildman–Crippen LogP) is 1.04. The van der Waals surface area contributed by atoms with E-state index in [0.717, 1.165) is 25.7 Å². The Kier molecular flexibility index (Phi) is 5.17. The summed E-state index contributed by atoms with van der Waals surface area (Å²) in [4.78, 5) is 24.2. The summed E-state index contributed by atoms with van der Waals surface area (Å²) in [5.41, 5.74) is 0.322. The number of urea groups is 1. The maximum Gasteiger partial charge on any atom is 0.328 e. The molecule has 6 heteroatoms. The number of amides is 2. The Bertz CT molecular complexity index is 334. The van der Waals surface area contributed by atoms with Crippen molar-refractivity contribution in [2.45, 2.75) is 51.6 Å². The number of rotatable bonds is 4. The zero-order valence-electron chi connectivity index (χ0n) is 11.8. The van der Waals surface area contributed by atoms with Gasteiger partial charge in [0.05, 0.1) is 6.61 Å². The van der Waals surface area contributed by atoms with Crippen LogP contribution in [0.2, 0.25) is 0 Å². The Hall–Kier alpha value is -1.30. The maximum absolute atomic E-state index is 11.9. The minimum Gasteiger partial charge on any atom is -0.480 e. The van der Waals surface area contributed by atoms with Crippen molar-refractivity contribution in [3.05, 3.63) is 0 Å². The van der Waals surface area contributed by atoms with Crippen LogP contribution in [0.1, 0.15) is 39.5 Å². The monoisotopic (exact) mass is 272 g/mol. The Balaban J connectivity index is 2.51. The van der Waals surface area contributed by atoms with Crippen molar-refractivity contribution in [1.82, 2.24) is 10.2 Å². The summed E-state index contributed by atoms with van der Waals surface area (Å²) in [6.45, 7) is 3.83. The van der Waals surface area contributed by atoms with Crippen molar-refractivity contribution < 1.29 is 19.8 Å². The minimum atomic E-state index is -1.24. The van der Waals surface area contributed by atoms with Gasteiger partial charge in [-0.05, 0) is 31.1 Å². The maximum atomic E-state index is 11.9. The quantitative estimate of drug-likeness (QED) is 0.713. The fourth-order valence-corrected chi connectivity index (χ4v) is 2.37. The van der Waals surface area contributed by atoms with Gasteiger partial charge in [-0.3, -0.25) is 0 Å². The molecule has 0 aromatic rings. The van der Waals surface area contributed by atoms with E-state index in [1.165, 1.54) is 0 Å². The molecule has 1 fully saturated rings. The summed E-state index contributed by atoms with van der Waals surface area (Å²) in [5.74, 6) is -1.23. The van der Waals surface area contributed by atoms with Gasteiger partial charge in [-0.1, -0.05) is 13.8 Å². The SMILES string of the molecule is CN(C(=O)N[C@@H](CO)C(=O)O)C1CCC(C)(C)CC1. The van der Waals surface area contributed by atoms with Gasteiger partial charge in [0.2, 0.25) is 0 Å². The zero-order valence-corrected chi connectivity index (χ0v) is 11.8. The van der Waals surface area contributed by atoms with Crippen molar-refractivity contribution in [1.29, 1.82) is 0 Å². The van der Waals surface area contributed by atoms with Gasteiger partial charge in [0, 0.05) is 13.1 Å². The lowest BCUT2D eigenvalue weighted by molar-refractivity contribution is -0.140. The van der Waals surface area contributed by atoms with E-state index in [1.54, 1.807) is 11.9 Å². The van der Waals surface area contributed by atoms with Crippen LogP contribution in [0.3, 0.4) is 0 Å². The molecule has 2 amide bonds. The number of aliphatic hydroxyl groups excluding tert-OH is 1. The molecule has 0 aliphatic heterocycles. The first-order chi connectivity index (χ1) is 8.76. The van der Waals surface area contributed by atoms with Crippen molar-refractivity contribution in [2.75, 3.05) is 13.7 Å². The molecule has 0 saturated heterocycles. The Morgan fingerprint density at radius 2 is 1.89 bits per heavy atom. The summed E-state index contributed by atoms with van der Waals surface area (Å²) in [6, 6.07) is -1.54. The Labute approximate surface area is 113 Å². The first kappa shape index (κ1) is 15.8. The molecule has 19 heavy (non-hydrogen) atoms. The first-order valence-corrected chi connectivity index (χ1v) is 6.64. The average Bonchev–Trinajstić information content (AvgIpc) is 2.34. The lowest BCUT2D eigenvalue weighted by Gasteiger charge is -2.38. The van der Waals surface area contributed by atoms with Gasteiger partial charge in [-0.2, -0.15) is 0 Å². The van der Waals surface area contributed by atoms with Gasteiger partial charge in [-0.15, -0.1) is 0 Å². The predicted molar refractivity (Wildman–Crippen MR) is 70.8 cm³/mol. The molecule has 1 aliphatic carbocycles. The molecule has 1 aliphatic rings. The molecule has 6 nitrogen and oxygen atoms in total. The van der Waals surface area contributed by atoms with Crippen LogP contribution in [0.25, 0.3) is 0 Å². The minimum absolute atomic E-state index is 0.140. The van der Waals surface area contributed by atoms with Crippen molar-refractivity contribution in [2.24, 2.45) is 5.41 Å². The first-order valence-electron chi connectivity index (χ1n) is 6.64. The van der Waals surface area contributed by atoms with E-state index in [1.807, 2.05) is 0 Å². The molecular formula is C13H24N2O4. The van der Waals surface area contributed by atoms with Crippen LogP contribution >= 0.6 is 0 Å². The molecule has 110 valence electrons. The number of carboxylic acid groups (broad SMARTS) is 1. The van der Waals surface area contributed by atoms with E-state index in [4.69, 9.17) is 10.2 Å². The highest BCUT2D eigenvalue weighted by molar-refractivity contribution is 5.82. The molecule has 1 atom stereocenters. The summed E-state index contributed by atoms with van der Waals surface area (Å²) >= 11 is 0. The van der Waals surface area contributed by atoms with Crippen LogP contribution in [0.15, 0.2) is 0 Å². The number of nitrogens with zero attached hydrogens (tertiary/aromatic N) is 1. The summed E-state index contributed by atoms with van der Waals surface area (Å²) < 4.78 is 0. The number of hydrogen-bond donors (Lipinski definition) is 3. The van der Waals surface area contributed by atoms with Crippen LogP contribution in [-0.4, -0.2) is 52.9 Å². The second kappa shape index (κ2) is 6.23. The van der Waals surface area contributed by atoms with Gasteiger partial charge in [0.1, 0.15) is 0 Å². The molecule has 0 bridgehead atoms. The topological polar surface area (TPSA) is 89.9 Å². The second-order valence-electron chi connectivity index (χ2n) is 6.03. The van der Waals surface area contributed by atoms with Crippen LogP contribution < -0.4 is 5.32 Å². The number of carbonyl (C=O) groups excluding carboxylic acids is 1. The standard InChI is InChI=1S/C13H24N2O4/c1-13(2)6-4-9(5-7-13)15(3)12(19)14-10(8-16)11(17)18/h9-10,16H,4-8H2,1-3H3,(H,14,19)(H,17,18)/t10-/m0/s1. The van der Waals surface area contributed by atoms with Crippen molar-refractivity contribution >= 4 is 12.0 Å². The smallest absolute Gasteiger partial charge is 0.328 e. The van der Waals surface area contributed by atoms with Crippen LogP contribution in [0, 0.1) is 5.41 Å². The van der Waals surface area contributed by atoms with E-state index in [-0.39, 0.29) is 6.04 Å². The van der Waals surface area contributed by atoms with E-state index < -0.39 is 24.6 Å². The van der Waals surface area contributed by atoms with Crippen LogP contribution in [-0.2, 0) is 4.79 Å². The van der Waals surface area contributed by atoms with Gasteiger partial charge in [0.25, 0.3) is 0 Å². The highest BCUT2D eigenvalue weighted by atomic mass is 16.4. The zero-order chi connectivity index (χ0) is 14.6. The van der Waals surface area contributed by atoms with E-state index in [0.29, 0.717) is 5.41 Å². The number of nitrogens with one attached hydrogen (secondary N) is 1. The van der Waals surface area contributed by atoms with E-state index in [2.05, 4.69) is 19.2 Å². The number of carboxylic acids is 1. The lowest BCUT2D eigenvalue weighted by atomic mass is 9.75. The molecule has 1 saturated carbocycles. The van der Waals surface area contributed by atoms with Gasteiger partial charge < -0.3 is 20.4 Å². The third kappa shape index (κ3) is 4.38. The highest BCUT2D eigenvalue weighted by Crippen LogP contribution is 2.36. The van der Waals surface area contributed by atoms with Crippen molar-refractivity contribution in [3.63, 3.8) is 0 Å². The molecule has 0 radical (unpaired) electrons. The Morgan fingerprint density at radius 1 is 1.37 bits per heavy atom. The number of carbonyl (C=O) groups is 2. The van der Waals surface area contributed by atoms with E-state index in [9.17, 15) is 9.59 Å². The fourth-order valence-electron chi connectivity index (χ4n) is 2.37. The Morgan fingerprint density at radius 3 is 2.32 bits per heavy atom. The van der Waals surface area contributed by atoms with E-state index >= 15 is 0 Å². The molecule has 3 N–H and O–H groups in total. The molecule has 1 rings (SSSR count). The summed E-state index contributed by atoms with van der Waals surface area (Å²) in [6.07, 6.45) is 3.96. The molecule has 0 spiro atoms. The van der Waals surface area contributed by atoms with Gasteiger partial charge in [-0.25, -0.2) is 9.59 Å².